The minimum Gasteiger partial charge on any atom is -0.506 e. The minimum atomic E-state index is -0.0652. The number of phenolic OH excluding ortho intramolecular Hbond substituents is 1. The van der Waals surface area contributed by atoms with Crippen LogP contribution in [0.4, 0.5) is 0 Å². The number of fused-ring (bicyclic) bond motifs is 1. The standard InChI is InChI=1S/C14H7Cl3O2/c15-9-3-1-2-7-4-13(19-14(7)9)8-5-11(17)12(18)6-10(8)16/h1-6,18H. The highest BCUT2D eigenvalue weighted by atomic mass is 35.5. The fourth-order valence-corrected chi connectivity index (χ4v) is 2.52. The summed E-state index contributed by atoms with van der Waals surface area (Å²) in [5, 5.41) is 11.5. The number of phenols is 1. The van der Waals surface area contributed by atoms with Crippen molar-refractivity contribution in [3.63, 3.8) is 0 Å². The van der Waals surface area contributed by atoms with Gasteiger partial charge in [-0.3, -0.25) is 0 Å². The van der Waals surface area contributed by atoms with E-state index in [9.17, 15) is 5.11 Å². The van der Waals surface area contributed by atoms with Gasteiger partial charge in [-0.15, -0.1) is 0 Å². The van der Waals surface area contributed by atoms with Crippen LogP contribution in [0, 0.1) is 0 Å². The fraction of sp³-hybridized carbons (Fsp3) is 0. The highest BCUT2D eigenvalue weighted by Gasteiger charge is 2.14. The first kappa shape index (κ1) is 12.7. The predicted octanol–water partition coefficient (Wildman–Crippen LogP) is 5.77. The van der Waals surface area contributed by atoms with Crippen LogP contribution >= 0.6 is 34.8 Å². The Morgan fingerprint density at radius 2 is 1.68 bits per heavy atom. The van der Waals surface area contributed by atoms with Crippen molar-refractivity contribution in [2.45, 2.75) is 0 Å². The van der Waals surface area contributed by atoms with Crippen molar-refractivity contribution in [1.82, 2.24) is 0 Å². The maximum Gasteiger partial charge on any atom is 0.153 e. The van der Waals surface area contributed by atoms with Crippen LogP contribution < -0.4 is 0 Å². The molecule has 0 amide bonds. The first-order chi connectivity index (χ1) is 9.06. The molecule has 0 aliphatic rings. The van der Waals surface area contributed by atoms with Gasteiger partial charge in [0.1, 0.15) is 11.5 Å². The van der Waals surface area contributed by atoms with Gasteiger partial charge >= 0.3 is 0 Å². The molecule has 1 aromatic heterocycles. The average Bonchev–Trinajstić information content (AvgIpc) is 2.79. The molecule has 0 aliphatic carbocycles. The molecule has 0 aliphatic heterocycles. The predicted molar refractivity (Wildman–Crippen MR) is 78.3 cm³/mol. The van der Waals surface area contributed by atoms with E-state index in [1.165, 1.54) is 6.07 Å². The van der Waals surface area contributed by atoms with Crippen LogP contribution in [0.1, 0.15) is 0 Å². The Bertz CT molecular complexity index is 778. The molecule has 5 heteroatoms. The van der Waals surface area contributed by atoms with Crippen LogP contribution in [0.2, 0.25) is 15.1 Å². The summed E-state index contributed by atoms with van der Waals surface area (Å²) in [7, 11) is 0. The monoisotopic (exact) mass is 312 g/mol. The maximum atomic E-state index is 9.49. The average molecular weight is 314 g/mol. The molecule has 0 atom stereocenters. The summed E-state index contributed by atoms with van der Waals surface area (Å²) in [6.07, 6.45) is 0. The summed E-state index contributed by atoms with van der Waals surface area (Å²) in [5.74, 6) is 0.486. The number of hydrogen-bond acceptors (Lipinski definition) is 2. The van der Waals surface area contributed by atoms with Gasteiger partial charge in [-0.25, -0.2) is 0 Å². The molecule has 3 rings (SSSR count). The molecule has 0 saturated heterocycles. The SMILES string of the molecule is Oc1cc(Cl)c(-c2cc3cccc(Cl)c3o2)cc1Cl. The molecule has 0 unspecified atom stereocenters. The third-order valence-corrected chi connectivity index (χ3v) is 3.71. The molecular formula is C14H7Cl3O2. The second kappa shape index (κ2) is 4.64. The lowest BCUT2D eigenvalue weighted by molar-refractivity contribution is 0.475. The highest BCUT2D eigenvalue weighted by Crippen LogP contribution is 2.39. The van der Waals surface area contributed by atoms with Crippen molar-refractivity contribution in [2.75, 3.05) is 0 Å². The second-order valence-corrected chi connectivity index (χ2v) is 5.27. The molecule has 1 heterocycles. The van der Waals surface area contributed by atoms with Crippen molar-refractivity contribution in [1.29, 1.82) is 0 Å². The summed E-state index contributed by atoms with van der Waals surface area (Å²) >= 11 is 18.0. The van der Waals surface area contributed by atoms with Gasteiger partial charge in [0.05, 0.1) is 15.1 Å². The van der Waals surface area contributed by atoms with Gasteiger partial charge in [0, 0.05) is 17.0 Å². The van der Waals surface area contributed by atoms with E-state index < -0.39 is 0 Å². The molecule has 0 radical (unpaired) electrons. The van der Waals surface area contributed by atoms with Crippen molar-refractivity contribution in [3.05, 3.63) is 51.5 Å². The summed E-state index contributed by atoms with van der Waals surface area (Å²) in [4.78, 5) is 0. The molecule has 0 spiro atoms. The Morgan fingerprint density at radius 1 is 0.895 bits per heavy atom. The number of hydrogen-bond donors (Lipinski definition) is 1. The number of rotatable bonds is 1. The van der Waals surface area contributed by atoms with Crippen molar-refractivity contribution in [3.8, 4) is 17.1 Å². The van der Waals surface area contributed by atoms with Crippen LogP contribution in [-0.2, 0) is 0 Å². The van der Waals surface area contributed by atoms with Gasteiger partial charge in [0.2, 0.25) is 0 Å². The number of para-hydroxylation sites is 1. The lowest BCUT2D eigenvalue weighted by Gasteiger charge is -2.03. The van der Waals surface area contributed by atoms with E-state index >= 15 is 0 Å². The third-order valence-electron chi connectivity index (χ3n) is 2.80. The minimum absolute atomic E-state index is 0.0652. The van der Waals surface area contributed by atoms with E-state index in [2.05, 4.69) is 0 Å². The Kier molecular flexibility index (Phi) is 3.09. The van der Waals surface area contributed by atoms with E-state index in [4.69, 9.17) is 39.2 Å². The van der Waals surface area contributed by atoms with Gasteiger partial charge in [-0.05, 0) is 18.2 Å². The van der Waals surface area contributed by atoms with Crippen molar-refractivity contribution < 1.29 is 9.52 Å². The number of benzene rings is 2. The van der Waals surface area contributed by atoms with Gasteiger partial charge in [0.15, 0.2) is 5.58 Å². The molecule has 0 bridgehead atoms. The number of furan rings is 1. The van der Waals surface area contributed by atoms with Crippen LogP contribution in [0.15, 0.2) is 40.8 Å². The lowest BCUT2D eigenvalue weighted by Crippen LogP contribution is -1.78. The van der Waals surface area contributed by atoms with Gasteiger partial charge in [-0.2, -0.15) is 0 Å². The van der Waals surface area contributed by atoms with Crippen molar-refractivity contribution in [2.24, 2.45) is 0 Å². The molecule has 0 fully saturated rings. The molecule has 1 N–H and O–H groups in total. The number of aromatic hydroxyl groups is 1. The topological polar surface area (TPSA) is 33.4 Å². The van der Waals surface area contributed by atoms with E-state index in [1.54, 1.807) is 12.1 Å². The van der Waals surface area contributed by atoms with E-state index in [1.807, 2.05) is 18.2 Å². The largest absolute Gasteiger partial charge is 0.506 e. The molecule has 2 aromatic carbocycles. The lowest BCUT2D eigenvalue weighted by atomic mass is 10.1. The van der Waals surface area contributed by atoms with Crippen LogP contribution in [-0.4, -0.2) is 5.11 Å². The summed E-state index contributed by atoms with van der Waals surface area (Å²) in [5.41, 5.74) is 1.20. The quantitative estimate of drug-likeness (QED) is 0.619. The number of halogens is 3. The Morgan fingerprint density at radius 3 is 2.42 bits per heavy atom. The fourth-order valence-electron chi connectivity index (χ4n) is 1.89. The van der Waals surface area contributed by atoms with Crippen LogP contribution in [0.3, 0.4) is 0 Å². The molecule has 2 nitrogen and oxygen atoms in total. The molecule has 0 saturated carbocycles. The third kappa shape index (κ3) is 2.16. The molecule has 3 aromatic rings. The Labute approximate surface area is 124 Å². The summed E-state index contributed by atoms with van der Waals surface area (Å²) in [6.45, 7) is 0. The smallest absolute Gasteiger partial charge is 0.153 e. The molecule has 19 heavy (non-hydrogen) atoms. The molecule has 96 valence electrons. The van der Waals surface area contributed by atoms with Crippen molar-refractivity contribution >= 4 is 45.8 Å². The zero-order valence-corrected chi connectivity index (χ0v) is 11.7. The van der Waals surface area contributed by atoms with Gasteiger partial charge < -0.3 is 9.52 Å². The summed E-state index contributed by atoms with van der Waals surface area (Å²) in [6, 6.07) is 10.3. The summed E-state index contributed by atoms with van der Waals surface area (Å²) < 4.78 is 5.70. The first-order valence-electron chi connectivity index (χ1n) is 5.42. The normalized spacial score (nSPS) is 11.1. The van der Waals surface area contributed by atoms with E-state index in [0.29, 0.717) is 27.0 Å². The van der Waals surface area contributed by atoms with Gasteiger partial charge in [0.25, 0.3) is 0 Å². The highest BCUT2D eigenvalue weighted by molar-refractivity contribution is 6.36. The van der Waals surface area contributed by atoms with E-state index in [-0.39, 0.29) is 10.8 Å². The van der Waals surface area contributed by atoms with Gasteiger partial charge in [-0.1, -0.05) is 46.9 Å². The maximum absolute atomic E-state index is 9.49. The van der Waals surface area contributed by atoms with E-state index in [0.717, 1.165) is 5.39 Å². The Hall–Kier alpha value is -1.35. The first-order valence-corrected chi connectivity index (χ1v) is 6.56. The zero-order valence-electron chi connectivity index (χ0n) is 9.45. The van der Waals surface area contributed by atoms with Crippen LogP contribution in [0.25, 0.3) is 22.3 Å². The Balaban J connectivity index is 2.25. The molecular weight excluding hydrogens is 307 g/mol. The van der Waals surface area contributed by atoms with Crippen LogP contribution in [0.5, 0.6) is 5.75 Å². The second-order valence-electron chi connectivity index (χ2n) is 4.05. The zero-order chi connectivity index (χ0) is 13.6.